The Hall–Kier alpha value is -0.830. The van der Waals surface area contributed by atoms with E-state index in [9.17, 15) is 0 Å². The monoisotopic (exact) mass is 225 g/mol. The fourth-order valence-corrected chi connectivity index (χ4v) is 1.89. The molecule has 0 fully saturated rings. The number of hydrogen-bond donors (Lipinski definition) is 1. The summed E-state index contributed by atoms with van der Waals surface area (Å²) in [5.74, 6) is 3.26. The van der Waals surface area contributed by atoms with Gasteiger partial charge in [0.15, 0.2) is 0 Å². The van der Waals surface area contributed by atoms with Crippen molar-refractivity contribution in [3.63, 3.8) is 0 Å². The summed E-state index contributed by atoms with van der Waals surface area (Å²) < 4.78 is 5.67. The molecular formula is C12H19NOS. The van der Waals surface area contributed by atoms with Gasteiger partial charge in [0.25, 0.3) is 0 Å². The molecule has 0 unspecified atom stereocenters. The summed E-state index contributed by atoms with van der Waals surface area (Å²) in [6.45, 7) is 4.94. The van der Waals surface area contributed by atoms with Crippen molar-refractivity contribution in [2.24, 2.45) is 0 Å². The lowest BCUT2D eigenvalue weighted by Gasteiger charge is -2.10. The standard InChI is InChI=1S/C12H19NOS/c1-3-15-9-5-8-14-12-7-4-6-11(13)10(12)2/h4,6-7H,3,5,8-9,13H2,1-2H3. The van der Waals surface area contributed by atoms with Crippen LogP contribution in [0.3, 0.4) is 0 Å². The lowest BCUT2D eigenvalue weighted by Crippen LogP contribution is -2.01. The zero-order chi connectivity index (χ0) is 11.1. The summed E-state index contributed by atoms with van der Waals surface area (Å²) in [6, 6.07) is 5.80. The van der Waals surface area contributed by atoms with Gasteiger partial charge >= 0.3 is 0 Å². The van der Waals surface area contributed by atoms with Crippen LogP contribution in [-0.2, 0) is 0 Å². The summed E-state index contributed by atoms with van der Waals surface area (Å²) in [7, 11) is 0. The van der Waals surface area contributed by atoms with Gasteiger partial charge in [-0.2, -0.15) is 11.8 Å². The lowest BCUT2D eigenvalue weighted by atomic mass is 10.2. The number of benzene rings is 1. The van der Waals surface area contributed by atoms with Crippen LogP contribution >= 0.6 is 11.8 Å². The van der Waals surface area contributed by atoms with Gasteiger partial charge in [-0.3, -0.25) is 0 Å². The molecule has 0 atom stereocenters. The Morgan fingerprint density at radius 2 is 2.20 bits per heavy atom. The molecule has 0 bridgehead atoms. The topological polar surface area (TPSA) is 35.2 Å². The maximum absolute atomic E-state index is 5.79. The molecule has 0 amide bonds. The van der Waals surface area contributed by atoms with Crippen molar-refractivity contribution >= 4 is 17.4 Å². The third kappa shape index (κ3) is 4.04. The SMILES string of the molecule is CCSCCCOc1cccc(N)c1C. The first-order chi connectivity index (χ1) is 7.25. The maximum Gasteiger partial charge on any atom is 0.124 e. The van der Waals surface area contributed by atoms with E-state index in [4.69, 9.17) is 10.5 Å². The van der Waals surface area contributed by atoms with Crippen LogP contribution in [-0.4, -0.2) is 18.1 Å². The first-order valence-corrected chi connectivity index (χ1v) is 6.46. The summed E-state index contributed by atoms with van der Waals surface area (Å²) >= 11 is 1.95. The van der Waals surface area contributed by atoms with Gasteiger partial charge in [-0.05, 0) is 37.0 Å². The highest BCUT2D eigenvalue weighted by Crippen LogP contribution is 2.22. The molecule has 1 aromatic rings. The fourth-order valence-electron chi connectivity index (χ4n) is 1.28. The van der Waals surface area contributed by atoms with Gasteiger partial charge in [0.05, 0.1) is 6.61 Å². The summed E-state index contributed by atoms with van der Waals surface area (Å²) in [4.78, 5) is 0. The molecule has 15 heavy (non-hydrogen) atoms. The molecule has 1 rings (SSSR count). The van der Waals surface area contributed by atoms with E-state index in [0.29, 0.717) is 0 Å². The van der Waals surface area contributed by atoms with E-state index in [1.54, 1.807) is 0 Å². The third-order valence-corrected chi connectivity index (χ3v) is 3.21. The minimum Gasteiger partial charge on any atom is -0.493 e. The van der Waals surface area contributed by atoms with Crippen LogP contribution in [0.5, 0.6) is 5.75 Å². The molecule has 0 saturated heterocycles. The number of hydrogen-bond acceptors (Lipinski definition) is 3. The number of nitrogens with two attached hydrogens (primary N) is 1. The molecule has 0 aliphatic carbocycles. The molecule has 3 heteroatoms. The van der Waals surface area contributed by atoms with E-state index < -0.39 is 0 Å². The molecule has 0 radical (unpaired) electrons. The minimum absolute atomic E-state index is 0.775. The number of ether oxygens (including phenoxy) is 1. The van der Waals surface area contributed by atoms with Crippen molar-refractivity contribution in [2.75, 3.05) is 23.8 Å². The van der Waals surface area contributed by atoms with E-state index in [1.807, 2.05) is 36.9 Å². The van der Waals surface area contributed by atoms with Crippen LogP contribution in [0, 0.1) is 6.92 Å². The van der Waals surface area contributed by atoms with E-state index in [1.165, 1.54) is 5.75 Å². The second-order valence-electron chi connectivity index (χ2n) is 3.37. The number of anilines is 1. The lowest BCUT2D eigenvalue weighted by molar-refractivity contribution is 0.317. The van der Waals surface area contributed by atoms with Crippen LogP contribution < -0.4 is 10.5 Å². The van der Waals surface area contributed by atoms with E-state index in [0.717, 1.165) is 35.8 Å². The predicted octanol–water partition coefficient (Wildman–Crippen LogP) is 3.10. The highest BCUT2D eigenvalue weighted by molar-refractivity contribution is 7.99. The quantitative estimate of drug-likeness (QED) is 0.597. The number of thioether (sulfide) groups is 1. The van der Waals surface area contributed by atoms with E-state index in [2.05, 4.69) is 6.92 Å². The minimum atomic E-state index is 0.775. The van der Waals surface area contributed by atoms with Crippen molar-refractivity contribution in [3.8, 4) is 5.75 Å². The summed E-state index contributed by atoms with van der Waals surface area (Å²) in [6.07, 6.45) is 1.09. The molecule has 0 saturated carbocycles. The number of rotatable bonds is 6. The van der Waals surface area contributed by atoms with Crippen LogP contribution in [0.2, 0.25) is 0 Å². The van der Waals surface area contributed by atoms with Crippen molar-refractivity contribution in [1.82, 2.24) is 0 Å². The molecule has 0 aliphatic heterocycles. The highest BCUT2D eigenvalue weighted by atomic mass is 32.2. The predicted molar refractivity (Wildman–Crippen MR) is 68.7 cm³/mol. The molecule has 2 nitrogen and oxygen atoms in total. The first-order valence-electron chi connectivity index (χ1n) is 5.31. The smallest absolute Gasteiger partial charge is 0.124 e. The Bertz CT molecular complexity index is 302. The van der Waals surface area contributed by atoms with Crippen molar-refractivity contribution < 1.29 is 4.74 Å². The van der Waals surface area contributed by atoms with Crippen molar-refractivity contribution in [3.05, 3.63) is 23.8 Å². The van der Waals surface area contributed by atoms with Crippen LogP contribution in [0.4, 0.5) is 5.69 Å². The summed E-state index contributed by atoms with van der Waals surface area (Å²) in [5, 5.41) is 0. The normalized spacial score (nSPS) is 10.3. The molecule has 84 valence electrons. The van der Waals surface area contributed by atoms with Gasteiger partial charge in [0.2, 0.25) is 0 Å². The average molecular weight is 225 g/mol. The summed E-state index contributed by atoms with van der Waals surface area (Å²) in [5.41, 5.74) is 7.63. The van der Waals surface area contributed by atoms with Crippen molar-refractivity contribution in [2.45, 2.75) is 20.3 Å². The Kier molecular flexibility index (Phi) is 5.40. The third-order valence-electron chi connectivity index (χ3n) is 2.22. The number of nitrogen functional groups attached to an aromatic ring is 1. The average Bonchev–Trinajstić information content (AvgIpc) is 2.24. The maximum atomic E-state index is 5.79. The zero-order valence-electron chi connectivity index (χ0n) is 9.45. The molecule has 0 heterocycles. The van der Waals surface area contributed by atoms with E-state index >= 15 is 0 Å². The highest BCUT2D eigenvalue weighted by Gasteiger charge is 2.01. The molecule has 1 aromatic carbocycles. The molecule has 0 aromatic heterocycles. The Morgan fingerprint density at radius 1 is 1.40 bits per heavy atom. The Labute approximate surface area is 96.2 Å². The van der Waals surface area contributed by atoms with Gasteiger partial charge in [-0.1, -0.05) is 13.0 Å². The molecule has 0 spiro atoms. The largest absolute Gasteiger partial charge is 0.493 e. The van der Waals surface area contributed by atoms with Gasteiger partial charge in [0.1, 0.15) is 5.75 Å². The van der Waals surface area contributed by atoms with Gasteiger partial charge in [-0.15, -0.1) is 0 Å². The first kappa shape index (κ1) is 12.2. The zero-order valence-corrected chi connectivity index (χ0v) is 10.3. The second-order valence-corrected chi connectivity index (χ2v) is 4.76. The van der Waals surface area contributed by atoms with Gasteiger partial charge < -0.3 is 10.5 Å². The fraction of sp³-hybridized carbons (Fsp3) is 0.500. The van der Waals surface area contributed by atoms with Crippen LogP contribution in [0.25, 0.3) is 0 Å². The second kappa shape index (κ2) is 6.62. The van der Waals surface area contributed by atoms with Gasteiger partial charge in [-0.25, -0.2) is 0 Å². The molecule has 2 N–H and O–H groups in total. The van der Waals surface area contributed by atoms with Crippen molar-refractivity contribution in [1.29, 1.82) is 0 Å². The van der Waals surface area contributed by atoms with E-state index in [-0.39, 0.29) is 0 Å². The molecule has 0 aliphatic rings. The Balaban J connectivity index is 2.34. The molecular weight excluding hydrogens is 206 g/mol. The van der Waals surface area contributed by atoms with Crippen LogP contribution in [0.1, 0.15) is 18.9 Å². The Morgan fingerprint density at radius 3 is 2.93 bits per heavy atom. The van der Waals surface area contributed by atoms with Crippen LogP contribution in [0.15, 0.2) is 18.2 Å². The van der Waals surface area contributed by atoms with Gasteiger partial charge in [0, 0.05) is 11.3 Å².